The van der Waals surface area contributed by atoms with Crippen LogP contribution in [-0.4, -0.2) is 15.7 Å². The molecule has 1 unspecified atom stereocenters. The van der Waals surface area contributed by atoms with E-state index in [1.54, 1.807) is 12.4 Å². The molecule has 28 heavy (non-hydrogen) atoms. The van der Waals surface area contributed by atoms with E-state index in [1.165, 1.54) is 0 Å². The minimum Gasteiger partial charge on any atom is -0.489 e. The molecule has 1 atom stereocenters. The molecule has 1 aliphatic rings. The third kappa shape index (κ3) is 4.28. The van der Waals surface area contributed by atoms with E-state index in [0.29, 0.717) is 12.4 Å². The van der Waals surface area contributed by atoms with Crippen molar-refractivity contribution < 1.29 is 9.57 Å². The van der Waals surface area contributed by atoms with Crippen LogP contribution < -0.4 is 10.5 Å². The Morgan fingerprint density at radius 3 is 2.71 bits per heavy atom. The van der Waals surface area contributed by atoms with Gasteiger partial charge in [-0.05, 0) is 54.4 Å². The van der Waals surface area contributed by atoms with E-state index >= 15 is 0 Å². The molecule has 0 spiro atoms. The molecular formula is C22H22N4O2. The first-order chi connectivity index (χ1) is 13.7. The Balaban J connectivity index is 1.32. The lowest BCUT2D eigenvalue weighted by Gasteiger charge is -2.10. The fourth-order valence-electron chi connectivity index (χ4n) is 3.20. The van der Waals surface area contributed by atoms with Gasteiger partial charge in [0.25, 0.3) is 0 Å². The van der Waals surface area contributed by atoms with Crippen LogP contribution in [0.3, 0.4) is 0 Å². The molecule has 1 aliphatic heterocycles. The number of anilines is 1. The zero-order valence-electron chi connectivity index (χ0n) is 15.7. The lowest BCUT2D eigenvalue weighted by atomic mass is 10.0. The number of hydrogen-bond acceptors (Lipinski definition) is 6. The van der Waals surface area contributed by atoms with Gasteiger partial charge in [0.2, 0.25) is 0 Å². The maximum atomic E-state index is 5.93. The summed E-state index contributed by atoms with van der Waals surface area (Å²) in [5, 5.41) is 4.23. The van der Waals surface area contributed by atoms with Gasteiger partial charge in [0, 0.05) is 36.5 Å². The molecule has 2 aromatic heterocycles. The van der Waals surface area contributed by atoms with Gasteiger partial charge in [-0.15, -0.1) is 0 Å². The standard InChI is InChI=1S/C22H22N4O2/c1-15-11-17(8-10-24-15)14-27-19-6-4-16(5-7-19)12-18-13-21(28-26-18)20-3-2-9-25-22(20)23/h2-11,21H,12-14H2,1H3,(H2,23,25). The Bertz CT molecular complexity index is 986. The normalized spacial score (nSPS) is 15.8. The number of ether oxygens (including phenoxy) is 1. The molecule has 6 heteroatoms. The van der Waals surface area contributed by atoms with Crippen molar-refractivity contribution in [3.05, 3.63) is 83.3 Å². The Hall–Kier alpha value is -3.41. The van der Waals surface area contributed by atoms with E-state index in [0.717, 1.165) is 46.7 Å². The average molecular weight is 374 g/mol. The maximum absolute atomic E-state index is 5.93. The van der Waals surface area contributed by atoms with Crippen LogP contribution in [0.25, 0.3) is 0 Å². The fraction of sp³-hybridized carbons (Fsp3) is 0.227. The molecule has 3 heterocycles. The van der Waals surface area contributed by atoms with Crippen LogP contribution in [0.4, 0.5) is 5.82 Å². The predicted octanol–water partition coefficient (Wildman–Crippen LogP) is 4.01. The fourth-order valence-corrected chi connectivity index (χ4v) is 3.20. The molecule has 142 valence electrons. The van der Waals surface area contributed by atoms with Gasteiger partial charge in [-0.1, -0.05) is 17.3 Å². The number of rotatable bonds is 6. The number of benzene rings is 1. The number of pyridine rings is 2. The van der Waals surface area contributed by atoms with Crippen molar-refractivity contribution in [2.45, 2.75) is 32.5 Å². The zero-order valence-corrected chi connectivity index (χ0v) is 15.7. The summed E-state index contributed by atoms with van der Waals surface area (Å²) in [6.45, 7) is 2.50. The maximum Gasteiger partial charge on any atom is 0.161 e. The second kappa shape index (κ2) is 8.08. The van der Waals surface area contributed by atoms with Crippen molar-refractivity contribution in [1.82, 2.24) is 9.97 Å². The highest BCUT2D eigenvalue weighted by molar-refractivity contribution is 5.87. The van der Waals surface area contributed by atoms with E-state index in [1.807, 2.05) is 43.3 Å². The van der Waals surface area contributed by atoms with Gasteiger partial charge >= 0.3 is 0 Å². The molecule has 6 nitrogen and oxygen atoms in total. The number of nitrogens with zero attached hydrogens (tertiary/aromatic N) is 3. The first-order valence-electron chi connectivity index (χ1n) is 9.22. The summed E-state index contributed by atoms with van der Waals surface area (Å²) in [7, 11) is 0. The van der Waals surface area contributed by atoms with Crippen molar-refractivity contribution in [3.8, 4) is 5.75 Å². The number of hydrogen-bond donors (Lipinski definition) is 1. The van der Waals surface area contributed by atoms with Gasteiger partial charge in [0.1, 0.15) is 18.2 Å². The lowest BCUT2D eigenvalue weighted by Crippen LogP contribution is -2.06. The lowest BCUT2D eigenvalue weighted by molar-refractivity contribution is 0.0860. The number of nitrogen functional groups attached to an aromatic ring is 1. The van der Waals surface area contributed by atoms with Crippen LogP contribution >= 0.6 is 0 Å². The predicted molar refractivity (Wildman–Crippen MR) is 108 cm³/mol. The highest BCUT2D eigenvalue weighted by Crippen LogP contribution is 2.31. The Morgan fingerprint density at radius 1 is 1.07 bits per heavy atom. The first kappa shape index (κ1) is 18.0. The quantitative estimate of drug-likeness (QED) is 0.705. The van der Waals surface area contributed by atoms with Gasteiger partial charge in [-0.2, -0.15) is 0 Å². The summed E-state index contributed by atoms with van der Waals surface area (Å²) < 4.78 is 5.86. The summed E-state index contributed by atoms with van der Waals surface area (Å²) >= 11 is 0. The molecule has 0 amide bonds. The Labute approximate surface area is 164 Å². The molecule has 0 saturated carbocycles. The molecule has 1 aromatic carbocycles. The van der Waals surface area contributed by atoms with Crippen LogP contribution in [0.5, 0.6) is 5.75 Å². The van der Waals surface area contributed by atoms with E-state index < -0.39 is 0 Å². The van der Waals surface area contributed by atoms with Gasteiger partial charge < -0.3 is 15.3 Å². The minimum atomic E-state index is -0.157. The number of aryl methyl sites for hydroxylation is 1. The van der Waals surface area contributed by atoms with Crippen molar-refractivity contribution in [2.75, 3.05) is 5.73 Å². The largest absolute Gasteiger partial charge is 0.489 e. The van der Waals surface area contributed by atoms with Crippen molar-refractivity contribution in [1.29, 1.82) is 0 Å². The summed E-state index contributed by atoms with van der Waals surface area (Å²) in [5.41, 5.74) is 11.1. The van der Waals surface area contributed by atoms with Crippen molar-refractivity contribution in [3.63, 3.8) is 0 Å². The van der Waals surface area contributed by atoms with E-state index in [9.17, 15) is 0 Å². The second-order valence-corrected chi connectivity index (χ2v) is 6.85. The molecular weight excluding hydrogens is 352 g/mol. The smallest absolute Gasteiger partial charge is 0.161 e. The monoisotopic (exact) mass is 374 g/mol. The SMILES string of the molecule is Cc1cc(COc2ccc(CC3=NOC(c4cccnc4N)C3)cc2)ccn1. The second-order valence-electron chi connectivity index (χ2n) is 6.85. The highest BCUT2D eigenvalue weighted by atomic mass is 16.6. The molecule has 4 rings (SSSR count). The third-order valence-corrected chi connectivity index (χ3v) is 4.65. The zero-order chi connectivity index (χ0) is 19.3. The number of aromatic nitrogens is 2. The number of nitrogens with two attached hydrogens (primary N) is 1. The van der Waals surface area contributed by atoms with Crippen molar-refractivity contribution >= 4 is 11.5 Å². The van der Waals surface area contributed by atoms with Crippen LogP contribution in [0, 0.1) is 6.92 Å². The van der Waals surface area contributed by atoms with Crippen LogP contribution in [0.15, 0.2) is 66.1 Å². The van der Waals surface area contributed by atoms with Gasteiger partial charge in [0.05, 0.1) is 5.71 Å². The Morgan fingerprint density at radius 2 is 1.93 bits per heavy atom. The summed E-state index contributed by atoms with van der Waals surface area (Å²) in [6.07, 6.45) is 4.77. The Kier molecular flexibility index (Phi) is 5.19. The van der Waals surface area contributed by atoms with Crippen LogP contribution in [0.1, 0.15) is 34.9 Å². The summed E-state index contributed by atoms with van der Waals surface area (Å²) in [5.74, 6) is 1.33. The number of oxime groups is 1. The molecule has 0 saturated heterocycles. The van der Waals surface area contributed by atoms with Crippen LogP contribution in [0.2, 0.25) is 0 Å². The van der Waals surface area contributed by atoms with Crippen molar-refractivity contribution in [2.24, 2.45) is 5.16 Å². The topological polar surface area (TPSA) is 82.6 Å². The average Bonchev–Trinajstić information content (AvgIpc) is 3.16. The minimum absolute atomic E-state index is 0.157. The molecule has 3 aromatic rings. The summed E-state index contributed by atoms with van der Waals surface area (Å²) in [6, 6.07) is 15.9. The van der Waals surface area contributed by atoms with E-state index in [4.69, 9.17) is 15.3 Å². The third-order valence-electron chi connectivity index (χ3n) is 4.65. The molecule has 0 bridgehead atoms. The first-order valence-corrected chi connectivity index (χ1v) is 9.22. The van der Waals surface area contributed by atoms with Gasteiger partial charge in [-0.3, -0.25) is 4.98 Å². The van der Waals surface area contributed by atoms with Gasteiger partial charge in [-0.25, -0.2) is 4.98 Å². The van der Waals surface area contributed by atoms with Crippen LogP contribution in [-0.2, 0) is 17.9 Å². The molecule has 0 fully saturated rings. The van der Waals surface area contributed by atoms with Gasteiger partial charge in [0.15, 0.2) is 6.10 Å². The highest BCUT2D eigenvalue weighted by Gasteiger charge is 2.24. The summed E-state index contributed by atoms with van der Waals surface area (Å²) in [4.78, 5) is 13.9. The molecule has 2 N–H and O–H groups in total. The molecule has 0 aliphatic carbocycles. The van der Waals surface area contributed by atoms with E-state index in [2.05, 4.69) is 27.3 Å². The molecule has 0 radical (unpaired) electrons. The van der Waals surface area contributed by atoms with E-state index in [-0.39, 0.29) is 6.10 Å².